The SMILES string of the molecule is COc1ccc([C@H]2c3cc(OC)c(OC)cc3C[C@@H]3COC(=O)[C@H]32)cc1OC. The summed E-state index contributed by atoms with van der Waals surface area (Å²) in [5.41, 5.74) is 3.20. The molecule has 0 unspecified atom stereocenters. The average Bonchev–Trinajstić information content (AvgIpc) is 3.10. The van der Waals surface area contributed by atoms with Crippen molar-refractivity contribution in [2.75, 3.05) is 35.0 Å². The first-order chi connectivity index (χ1) is 13.6. The fourth-order valence-corrected chi connectivity index (χ4v) is 4.49. The van der Waals surface area contributed by atoms with E-state index in [1.54, 1.807) is 28.4 Å². The molecule has 2 aromatic carbocycles. The third-order valence-electron chi connectivity index (χ3n) is 5.81. The van der Waals surface area contributed by atoms with Crippen LogP contribution in [-0.4, -0.2) is 41.0 Å². The highest BCUT2D eigenvalue weighted by Crippen LogP contribution is 2.50. The fourth-order valence-electron chi connectivity index (χ4n) is 4.49. The zero-order valence-electron chi connectivity index (χ0n) is 16.5. The number of methoxy groups -OCH3 is 4. The molecule has 2 aliphatic rings. The van der Waals surface area contributed by atoms with E-state index in [0.29, 0.717) is 29.6 Å². The monoisotopic (exact) mass is 384 g/mol. The van der Waals surface area contributed by atoms with Crippen LogP contribution < -0.4 is 18.9 Å². The van der Waals surface area contributed by atoms with Crippen LogP contribution in [0.25, 0.3) is 0 Å². The summed E-state index contributed by atoms with van der Waals surface area (Å²) in [6.45, 7) is 0.446. The van der Waals surface area contributed by atoms with E-state index in [4.69, 9.17) is 23.7 Å². The molecule has 2 aromatic rings. The van der Waals surface area contributed by atoms with Gasteiger partial charge < -0.3 is 23.7 Å². The van der Waals surface area contributed by atoms with Crippen LogP contribution in [0.5, 0.6) is 23.0 Å². The lowest BCUT2D eigenvalue weighted by molar-refractivity contribution is -0.141. The van der Waals surface area contributed by atoms with Crippen LogP contribution in [0.1, 0.15) is 22.6 Å². The first-order valence-electron chi connectivity index (χ1n) is 9.24. The fraction of sp³-hybridized carbons (Fsp3) is 0.409. The number of hydrogen-bond acceptors (Lipinski definition) is 6. The van der Waals surface area contributed by atoms with E-state index in [0.717, 1.165) is 23.1 Å². The van der Waals surface area contributed by atoms with Crippen molar-refractivity contribution in [3.05, 3.63) is 47.0 Å². The van der Waals surface area contributed by atoms with Gasteiger partial charge in [-0.25, -0.2) is 0 Å². The molecule has 0 radical (unpaired) electrons. The number of carbonyl (C=O) groups excluding carboxylic acids is 1. The molecule has 0 spiro atoms. The Bertz CT molecular complexity index is 906. The zero-order valence-corrected chi connectivity index (χ0v) is 16.5. The predicted octanol–water partition coefficient (Wildman–Crippen LogP) is 3.20. The van der Waals surface area contributed by atoms with Crippen molar-refractivity contribution in [2.24, 2.45) is 11.8 Å². The van der Waals surface area contributed by atoms with Crippen LogP contribution in [0, 0.1) is 11.8 Å². The molecule has 0 aromatic heterocycles. The third kappa shape index (κ3) is 2.84. The minimum atomic E-state index is -0.233. The summed E-state index contributed by atoms with van der Waals surface area (Å²) in [7, 11) is 6.46. The molecular formula is C22H24O6. The van der Waals surface area contributed by atoms with E-state index >= 15 is 0 Å². The van der Waals surface area contributed by atoms with Crippen LogP contribution in [-0.2, 0) is 16.0 Å². The first-order valence-corrected chi connectivity index (χ1v) is 9.24. The van der Waals surface area contributed by atoms with Gasteiger partial charge in [0.25, 0.3) is 0 Å². The van der Waals surface area contributed by atoms with Gasteiger partial charge in [0.15, 0.2) is 23.0 Å². The molecule has 1 saturated heterocycles. The Morgan fingerprint density at radius 3 is 2.18 bits per heavy atom. The molecule has 0 saturated carbocycles. The molecular weight excluding hydrogens is 360 g/mol. The molecule has 1 aliphatic heterocycles. The number of rotatable bonds is 5. The summed E-state index contributed by atoms with van der Waals surface area (Å²) in [5, 5.41) is 0. The van der Waals surface area contributed by atoms with Crippen molar-refractivity contribution < 1.29 is 28.5 Å². The Balaban J connectivity index is 1.90. The summed E-state index contributed by atoms with van der Waals surface area (Å²) in [5.74, 6) is 2.23. The average molecular weight is 384 g/mol. The van der Waals surface area contributed by atoms with Gasteiger partial charge in [0.1, 0.15) is 0 Å². The van der Waals surface area contributed by atoms with Crippen molar-refractivity contribution in [2.45, 2.75) is 12.3 Å². The van der Waals surface area contributed by atoms with Gasteiger partial charge in [-0.05, 0) is 47.4 Å². The van der Waals surface area contributed by atoms with Crippen LogP contribution in [0.4, 0.5) is 0 Å². The van der Waals surface area contributed by atoms with Gasteiger partial charge >= 0.3 is 5.97 Å². The summed E-state index contributed by atoms with van der Waals surface area (Å²) in [6.07, 6.45) is 0.774. The maximum atomic E-state index is 12.6. The third-order valence-corrected chi connectivity index (χ3v) is 5.81. The molecule has 148 valence electrons. The van der Waals surface area contributed by atoms with E-state index in [1.165, 1.54) is 0 Å². The molecule has 1 heterocycles. The van der Waals surface area contributed by atoms with Gasteiger partial charge in [0.2, 0.25) is 0 Å². The largest absolute Gasteiger partial charge is 0.493 e. The van der Waals surface area contributed by atoms with Gasteiger partial charge in [0, 0.05) is 11.8 Å². The summed E-state index contributed by atoms with van der Waals surface area (Å²) < 4.78 is 27.3. The maximum Gasteiger partial charge on any atom is 0.310 e. The summed E-state index contributed by atoms with van der Waals surface area (Å²) >= 11 is 0. The number of cyclic esters (lactones) is 1. The van der Waals surface area contributed by atoms with Gasteiger partial charge in [0.05, 0.1) is 41.0 Å². The molecule has 0 N–H and O–H groups in total. The number of hydrogen-bond donors (Lipinski definition) is 0. The lowest BCUT2D eigenvalue weighted by atomic mass is 9.67. The van der Waals surface area contributed by atoms with Gasteiger partial charge in [-0.1, -0.05) is 6.07 Å². The van der Waals surface area contributed by atoms with Crippen molar-refractivity contribution in [1.29, 1.82) is 0 Å². The minimum Gasteiger partial charge on any atom is -0.493 e. The van der Waals surface area contributed by atoms with E-state index in [2.05, 4.69) is 0 Å². The summed E-state index contributed by atoms with van der Waals surface area (Å²) in [6, 6.07) is 9.80. The second-order valence-electron chi connectivity index (χ2n) is 7.12. The normalized spacial score (nSPS) is 22.7. The van der Waals surface area contributed by atoms with E-state index in [-0.39, 0.29) is 23.7 Å². The van der Waals surface area contributed by atoms with Crippen molar-refractivity contribution in [1.82, 2.24) is 0 Å². The molecule has 0 bridgehead atoms. The smallest absolute Gasteiger partial charge is 0.310 e. The van der Waals surface area contributed by atoms with Crippen LogP contribution >= 0.6 is 0 Å². The molecule has 28 heavy (non-hydrogen) atoms. The standard InChI is InChI=1S/C22H24O6/c1-24-16-6-5-12(8-17(16)25-2)20-15-10-19(27-4)18(26-3)9-13(15)7-14-11-28-22(23)21(14)20/h5-6,8-10,14,20-21H,7,11H2,1-4H3/t14-,20+,21-/m1/s1. The highest BCUT2D eigenvalue weighted by atomic mass is 16.5. The highest BCUT2D eigenvalue weighted by Gasteiger charge is 2.47. The number of ether oxygens (including phenoxy) is 5. The Morgan fingerprint density at radius 2 is 1.50 bits per heavy atom. The van der Waals surface area contributed by atoms with E-state index in [1.807, 2.05) is 30.3 Å². The molecule has 6 nitrogen and oxygen atoms in total. The highest BCUT2D eigenvalue weighted by molar-refractivity contribution is 5.78. The number of fused-ring (bicyclic) bond motifs is 2. The number of benzene rings is 2. The van der Waals surface area contributed by atoms with Gasteiger partial charge in [-0.2, -0.15) is 0 Å². The summed E-state index contributed by atoms with van der Waals surface area (Å²) in [4.78, 5) is 12.6. The minimum absolute atomic E-state index is 0.135. The van der Waals surface area contributed by atoms with Crippen molar-refractivity contribution in [3.63, 3.8) is 0 Å². The maximum absolute atomic E-state index is 12.6. The second-order valence-corrected chi connectivity index (χ2v) is 7.12. The van der Waals surface area contributed by atoms with E-state index < -0.39 is 0 Å². The van der Waals surface area contributed by atoms with Crippen molar-refractivity contribution in [3.8, 4) is 23.0 Å². The van der Waals surface area contributed by atoms with Crippen molar-refractivity contribution >= 4 is 5.97 Å². The van der Waals surface area contributed by atoms with Crippen LogP contribution in [0.15, 0.2) is 30.3 Å². The molecule has 1 aliphatic carbocycles. The molecule has 3 atom stereocenters. The Kier molecular flexibility index (Phi) is 4.79. The topological polar surface area (TPSA) is 63.2 Å². The van der Waals surface area contributed by atoms with E-state index in [9.17, 15) is 4.79 Å². The molecule has 4 rings (SSSR count). The second kappa shape index (κ2) is 7.26. The van der Waals surface area contributed by atoms with Gasteiger partial charge in [-0.3, -0.25) is 4.79 Å². The molecule has 0 amide bonds. The molecule has 6 heteroatoms. The Labute approximate surface area is 164 Å². The lowest BCUT2D eigenvalue weighted by Gasteiger charge is -2.34. The zero-order chi connectivity index (χ0) is 19.8. The first kappa shape index (κ1) is 18.5. The Morgan fingerprint density at radius 1 is 0.857 bits per heavy atom. The van der Waals surface area contributed by atoms with Gasteiger partial charge in [-0.15, -0.1) is 0 Å². The number of esters is 1. The quantitative estimate of drug-likeness (QED) is 0.738. The lowest BCUT2D eigenvalue weighted by Crippen LogP contribution is -2.31. The predicted molar refractivity (Wildman–Crippen MR) is 103 cm³/mol. The Hall–Kier alpha value is -2.89. The van der Waals surface area contributed by atoms with Crippen LogP contribution in [0.2, 0.25) is 0 Å². The number of carbonyl (C=O) groups is 1. The molecule has 1 fully saturated rings. The van der Waals surface area contributed by atoms with Crippen LogP contribution in [0.3, 0.4) is 0 Å².